The summed E-state index contributed by atoms with van der Waals surface area (Å²) in [6, 6.07) is 10.1. The fraction of sp³-hybridized carbons (Fsp3) is 0.346. The van der Waals surface area contributed by atoms with Gasteiger partial charge in [0.05, 0.1) is 26.0 Å². The number of nitrogens with zero attached hydrogens (tertiary/aromatic N) is 2. The van der Waals surface area contributed by atoms with Crippen molar-refractivity contribution in [1.29, 1.82) is 0 Å². The second-order valence-corrected chi connectivity index (χ2v) is 8.33. The van der Waals surface area contributed by atoms with Crippen LogP contribution in [0.1, 0.15) is 51.7 Å². The molecule has 2 aromatic heterocycles. The molecule has 186 valence electrons. The molecule has 0 aliphatic heterocycles. The van der Waals surface area contributed by atoms with E-state index >= 15 is 0 Å². The van der Waals surface area contributed by atoms with E-state index in [2.05, 4.69) is 0 Å². The minimum atomic E-state index is -0.478. The molecular weight excluding hydrogens is 472 g/mol. The van der Waals surface area contributed by atoms with Crippen molar-refractivity contribution in [2.24, 2.45) is 0 Å². The number of carbonyl (C=O) groups is 3. The number of Topliss-reactive ketones (excluding diaryl/α,β-unsaturated/α-hetero) is 1. The van der Waals surface area contributed by atoms with Crippen LogP contribution < -0.4 is 4.74 Å². The monoisotopic (exact) mass is 500 g/mol. The fourth-order valence-corrected chi connectivity index (χ4v) is 4.13. The van der Waals surface area contributed by atoms with E-state index in [-0.39, 0.29) is 38.0 Å². The van der Waals surface area contributed by atoms with Crippen molar-refractivity contribution >= 4 is 29.3 Å². The molecule has 0 fully saturated rings. The maximum absolute atomic E-state index is 13.5. The van der Waals surface area contributed by atoms with Gasteiger partial charge in [-0.05, 0) is 69.7 Å². The first kappa shape index (κ1) is 26.1. The van der Waals surface area contributed by atoms with Crippen LogP contribution in [0.25, 0.3) is 0 Å². The van der Waals surface area contributed by atoms with E-state index in [1.807, 2.05) is 6.92 Å². The number of ether oxygens (including phenoxy) is 2. The summed E-state index contributed by atoms with van der Waals surface area (Å²) in [6.45, 7) is 7.49. The summed E-state index contributed by atoms with van der Waals surface area (Å²) < 4.78 is 18.0. The molecule has 0 saturated heterocycles. The van der Waals surface area contributed by atoms with Crippen molar-refractivity contribution in [2.45, 2.75) is 40.8 Å². The largest absolute Gasteiger partial charge is 0.484 e. The number of esters is 1. The molecule has 8 nitrogen and oxygen atoms in total. The molecule has 0 atom stereocenters. The summed E-state index contributed by atoms with van der Waals surface area (Å²) in [5.41, 5.74) is 1.95. The van der Waals surface area contributed by atoms with Crippen LogP contribution in [0.15, 0.2) is 47.1 Å². The van der Waals surface area contributed by atoms with Crippen molar-refractivity contribution in [3.63, 3.8) is 0 Å². The first-order valence-corrected chi connectivity index (χ1v) is 11.7. The summed E-state index contributed by atoms with van der Waals surface area (Å²) in [7, 11) is 0. The van der Waals surface area contributed by atoms with Crippen LogP contribution in [0.4, 0.5) is 0 Å². The Bertz CT molecular complexity index is 1180. The highest BCUT2D eigenvalue weighted by Gasteiger charge is 2.29. The molecule has 1 amide bonds. The lowest BCUT2D eigenvalue weighted by atomic mass is 10.1. The third kappa shape index (κ3) is 6.14. The number of halogens is 1. The summed E-state index contributed by atoms with van der Waals surface area (Å²) >= 11 is 5.90. The zero-order chi connectivity index (χ0) is 25.5. The fourth-order valence-electron chi connectivity index (χ4n) is 4.01. The molecule has 35 heavy (non-hydrogen) atoms. The SMILES string of the molecule is CCOC(=O)c1c(C)c(C(=O)CN(Cc2ccco2)C(=O)COc2ccc(Cl)cc2)c(C)n1CC. The Hall–Kier alpha value is -3.52. The van der Waals surface area contributed by atoms with Gasteiger partial charge in [-0.1, -0.05) is 11.6 Å². The first-order valence-electron chi connectivity index (χ1n) is 11.3. The number of rotatable bonds is 11. The third-order valence-corrected chi connectivity index (χ3v) is 5.87. The Morgan fingerprint density at radius 3 is 2.40 bits per heavy atom. The van der Waals surface area contributed by atoms with E-state index < -0.39 is 5.97 Å². The molecule has 0 aliphatic carbocycles. The van der Waals surface area contributed by atoms with Gasteiger partial charge in [-0.25, -0.2) is 4.79 Å². The molecule has 3 rings (SSSR count). The molecule has 0 unspecified atom stereocenters. The number of carbonyl (C=O) groups excluding carboxylic acids is 3. The molecule has 0 radical (unpaired) electrons. The molecule has 9 heteroatoms. The summed E-state index contributed by atoms with van der Waals surface area (Å²) in [5.74, 6) is -0.138. The lowest BCUT2D eigenvalue weighted by molar-refractivity contribution is -0.133. The highest BCUT2D eigenvalue weighted by Crippen LogP contribution is 2.24. The third-order valence-electron chi connectivity index (χ3n) is 5.62. The molecule has 0 bridgehead atoms. The van der Waals surface area contributed by atoms with E-state index in [0.717, 1.165) is 0 Å². The zero-order valence-corrected chi connectivity index (χ0v) is 21.1. The number of furan rings is 1. The minimum Gasteiger partial charge on any atom is -0.484 e. The maximum atomic E-state index is 13.5. The standard InChI is InChI=1S/C26H29ClN2O6/c1-5-29-18(4)24(17(3)25(29)26(32)33-6-2)22(30)15-28(14-21-8-7-13-34-21)23(31)16-35-20-11-9-19(27)10-12-20/h7-13H,5-6,14-16H2,1-4H3. The predicted octanol–water partition coefficient (Wildman–Crippen LogP) is 4.84. The van der Waals surface area contributed by atoms with Crippen LogP contribution in [0, 0.1) is 13.8 Å². The normalized spacial score (nSPS) is 10.8. The van der Waals surface area contributed by atoms with Gasteiger partial charge < -0.3 is 23.4 Å². The Morgan fingerprint density at radius 1 is 1.09 bits per heavy atom. The van der Waals surface area contributed by atoms with Crippen LogP contribution in [-0.4, -0.2) is 46.9 Å². The molecule has 1 aromatic carbocycles. The number of hydrogen-bond acceptors (Lipinski definition) is 6. The van der Waals surface area contributed by atoms with Gasteiger partial charge in [-0.15, -0.1) is 0 Å². The van der Waals surface area contributed by atoms with Crippen molar-refractivity contribution in [3.8, 4) is 5.75 Å². The van der Waals surface area contributed by atoms with Crippen molar-refractivity contribution in [2.75, 3.05) is 19.8 Å². The van der Waals surface area contributed by atoms with Crippen LogP contribution in [0.5, 0.6) is 5.75 Å². The molecule has 3 aromatic rings. The number of amides is 1. The van der Waals surface area contributed by atoms with Gasteiger partial charge in [0.15, 0.2) is 12.4 Å². The molecule has 0 saturated carbocycles. The second kappa shape index (κ2) is 11.8. The second-order valence-electron chi connectivity index (χ2n) is 7.89. The Morgan fingerprint density at radius 2 is 1.80 bits per heavy atom. The summed E-state index contributed by atoms with van der Waals surface area (Å²) in [4.78, 5) is 40.5. The van der Waals surface area contributed by atoms with Crippen LogP contribution >= 0.6 is 11.6 Å². The Balaban J connectivity index is 1.84. The topological polar surface area (TPSA) is 91.0 Å². The molecule has 2 heterocycles. The predicted molar refractivity (Wildman–Crippen MR) is 131 cm³/mol. The highest BCUT2D eigenvalue weighted by atomic mass is 35.5. The quantitative estimate of drug-likeness (QED) is 0.276. The minimum absolute atomic E-state index is 0.0961. The smallest absolute Gasteiger partial charge is 0.355 e. The summed E-state index contributed by atoms with van der Waals surface area (Å²) in [5, 5.41) is 0.556. The Kier molecular flexibility index (Phi) is 8.76. The van der Waals surface area contributed by atoms with Crippen molar-refractivity contribution in [1.82, 2.24) is 9.47 Å². The van der Waals surface area contributed by atoms with Gasteiger partial charge in [-0.2, -0.15) is 0 Å². The lowest BCUT2D eigenvalue weighted by Crippen LogP contribution is -2.38. The number of aromatic nitrogens is 1. The van der Waals surface area contributed by atoms with Gasteiger partial charge in [0.2, 0.25) is 0 Å². The van der Waals surface area contributed by atoms with Crippen molar-refractivity contribution < 1.29 is 28.3 Å². The van der Waals surface area contributed by atoms with Gasteiger partial charge in [-0.3, -0.25) is 9.59 Å². The Labute approximate surface area is 209 Å². The van der Waals surface area contributed by atoms with E-state index in [1.165, 1.54) is 11.2 Å². The van der Waals surface area contributed by atoms with E-state index in [9.17, 15) is 14.4 Å². The number of ketones is 1. The van der Waals surface area contributed by atoms with E-state index in [4.69, 9.17) is 25.5 Å². The molecular formula is C26H29ClN2O6. The van der Waals surface area contributed by atoms with Crippen LogP contribution in [-0.2, 0) is 22.6 Å². The van der Waals surface area contributed by atoms with E-state index in [1.54, 1.807) is 61.7 Å². The van der Waals surface area contributed by atoms with Gasteiger partial charge in [0, 0.05) is 22.8 Å². The zero-order valence-electron chi connectivity index (χ0n) is 20.3. The maximum Gasteiger partial charge on any atom is 0.355 e. The molecule has 0 N–H and O–H groups in total. The van der Waals surface area contributed by atoms with Gasteiger partial charge in [0.1, 0.15) is 17.2 Å². The van der Waals surface area contributed by atoms with Gasteiger partial charge in [0.25, 0.3) is 5.91 Å². The van der Waals surface area contributed by atoms with Crippen LogP contribution in [0.3, 0.4) is 0 Å². The average molecular weight is 501 g/mol. The highest BCUT2D eigenvalue weighted by molar-refractivity contribution is 6.30. The number of hydrogen-bond donors (Lipinski definition) is 0. The lowest BCUT2D eigenvalue weighted by Gasteiger charge is -2.21. The van der Waals surface area contributed by atoms with E-state index in [0.29, 0.717) is 45.6 Å². The van der Waals surface area contributed by atoms with Crippen molar-refractivity contribution in [3.05, 3.63) is 76.0 Å². The number of benzene rings is 1. The molecule has 0 aliphatic rings. The average Bonchev–Trinajstić information content (AvgIpc) is 3.43. The summed E-state index contributed by atoms with van der Waals surface area (Å²) in [6.07, 6.45) is 1.51. The van der Waals surface area contributed by atoms with Crippen LogP contribution in [0.2, 0.25) is 5.02 Å². The van der Waals surface area contributed by atoms with Gasteiger partial charge >= 0.3 is 5.97 Å². The molecule has 0 spiro atoms. The first-order chi connectivity index (χ1) is 16.8.